The van der Waals surface area contributed by atoms with Gasteiger partial charge in [0.1, 0.15) is 5.03 Å². The normalized spacial score (nSPS) is 18.4. The van der Waals surface area contributed by atoms with Gasteiger partial charge in [0, 0.05) is 28.7 Å². The molecule has 0 aliphatic carbocycles. The van der Waals surface area contributed by atoms with Crippen LogP contribution in [0.5, 0.6) is 0 Å². The Labute approximate surface area is 139 Å². The van der Waals surface area contributed by atoms with Gasteiger partial charge in [0.05, 0.1) is 5.03 Å². The Bertz CT molecular complexity index is 776. The number of hydrogen-bond donors (Lipinski definition) is 0. The summed E-state index contributed by atoms with van der Waals surface area (Å²) in [5, 5.41) is 1.31. The molecule has 1 aromatic carbocycles. The van der Waals surface area contributed by atoms with Gasteiger partial charge in [-0.15, -0.1) is 0 Å². The van der Waals surface area contributed by atoms with Gasteiger partial charge in [-0.3, -0.25) is 0 Å². The lowest BCUT2D eigenvalue weighted by molar-refractivity contribution is -0.139. The van der Waals surface area contributed by atoms with Gasteiger partial charge in [0.15, 0.2) is 6.10 Å². The SMILES string of the molecule is CCCCn1c(C)c(C2OC(=O)C(Cl)=C2Cl)c2ccccc21. The minimum Gasteiger partial charge on any atom is -0.447 e. The molecule has 2 aromatic rings. The third kappa shape index (κ3) is 2.33. The molecule has 2 heterocycles. The Kier molecular flexibility index (Phi) is 4.20. The highest BCUT2D eigenvalue weighted by atomic mass is 35.5. The number of carbonyl (C=O) groups is 1. The molecular weight excluding hydrogens is 321 g/mol. The molecule has 3 rings (SSSR count). The molecular formula is C17H17Cl2NO2. The van der Waals surface area contributed by atoms with Gasteiger partial charge in [-0.1, -0.05) is 54.7 Å². The van der Waals surface area contributed by atoms with E-state index in [1.54, 1.807) is 0 Å². The Morgan fingerprint density at radius 1 is 1.27 bits per heavy atom. The standard InChI is InChI=1S/C17H17Cl2NO2/c1-3-4-9-20-10(2)13(11-7-5-6-8-12(11)20)16-14(18)15(19)17(21)22-16/h5-8,16H,3-4,9H2,1-2H3. The zero-order chi connectivity index (χ0) is 15.9. The van der Waals surface area contributed by atoms with Crippen LogP contribution in [0.25, 0.3) is 10.9 Å². The zero-order valence-corrected chi connectivity index (χ0v) is 14.0. The van der Waals surface area contributed by atoms with Crippen molar-refractivity contribution in [3.8, 4) is 0 Å². The number of unbranched alkanes of at least 4 members (excludes halogenated alkanes) is 1. The lowest BCUT2D eigenvalue weighted by Gasteiger charge is -2.12. The molecule has 1 unspecified atom stereocenters. The number of esters is 1. The fraction of sp³-hybridized carbons (Fsp3) is 0.353. The second kappa shape index (κ2) is 5.98. The predicted octanol–water partition coefficient (Wildman–Crippen LogP) is 5.04. The maximum atomic E-state index is 11.7. The van der Waals surface area contributed by atoms with Crippen molar-refractivity contribution >= 4 is 40.1 Å². The van der Waals surface area contributed by atoms with Gasteiger partial charge < -0.3 is 9.30 Å². The minimum absolute atomic E-state index is 0.0172. The number of hydrogen-bond acceptors (Lipinski definition) is 2. The first-order chi connectivity index (χ1) is 10.6. The topological polar surface area (TPSA) is 31.2 Å². The van der Waals surface area contributed by atoms with Crippen molar-refractivity contribution in [1.82, 2.24) is 4.57 Å². The van der Waals surface area contributed by atoms with Crippen LogP contribution in [-0.4, -0.2) is 10.5 Å². The van der Waals surface area contributed by atoms with Crippen molar-refractivity contribution in [3.05, 3.63) is 45.6 Å². The van der Waals surface area contributed by atoms with E-state index in [2.05, 4.69) is 17.6 Å². The number of halogens is 2. The zero-order valence-electron chi connectivity index (χ0n) is 12.5. The van der Waals surface area contributed by atoms with Crippen molar-refractivity contribution in [2.45, 2.75) is 39.3 Å². The van der Waals surface area contributed by atoms with E-state index in [1.165, 1.54) is 0 Å². The second-order valence-electron chi connectivity index (χ2n) is 5.47. The van der Waals surface area contributed by atoms with E-state index >= 15 is 0 Å². The van der Waals surface area contributed by atoms with Crippen molar-refractivity contribution in [3.63, 3.8) is 0 Å². The van der Waals surface area contributed by atoms with Gasteiger partial charge in [-0.2, -0.15) is 0 Å². The molecule has 0 bridgehead atoms. The first-order valence-corrected chi connectivity index (χ1v) is 8.15. The maximum absolute atomic E-state index is 11.7. The van der Waals surface area contributed by atoms with Crippen molar-refractivity contribution < 1.29 is 9.53 Å². The summed E-state index contributed by atoms with van der Waals surface area (Å²) in [5.41, 5.74) is 3.13. The van der Waals surface area contributed by atoms with Crippen molar-refractivity contribution in [2.75, 3.05) is 0 Å². The minimum atomic E-state index is -0.602. The molecule has 0 amide bonds. The van der Waals surface area contributed by atoms with Crippen LogP contribution in [0.2, 0.25) is 0 Å². The quantitative estimate of drug-likeness (QED) is 0.732. The fourth-order valence-corrected chi connectivity index (χ4v) is 3.38. The van der Waals surface area contributed by atoms with Gasteiger partial charge in [0.2, 0.25) is 0 Å². The summed E-state index contributed by atoms with van der Waals surface area (Å²) in [6.45, 7) is 5.13. The number of nitrogens with zero attached hydrogens (tertiary/aromatic N) is 1. The average molecular weight is 338 g/mol. The first kappa shape index (κ1) is 15.4. The van der Waals surface area contributed by atoms with Crippen LogP contribution < -0.4 is 0 Å². The third-order valence-corrected chi connectivity index (χ3v) is 4.96. The molecule has 1 aliphatic heterocycles. The van der Waals surface area contributed by atoms with Crippen molar-refractivity contribution in [1.29, 1.82) is 0 Å². The third-order valence-electron chi connectivity index (χ3n) is 4.12. The number of carbonyl (C=O) groups excluding carboxylic acids is 1. The Hall–Kier alpha value is -1.45. The van der Waals surface area contributed by atoms with Gasteiger partial charge in [-0.05, 0) is 19.4 Å². The summed E-state index contributed by atoms with van der Waals surface area (Å²) in [7, 11) is 0. The molecule has 0 N–H and O–H groups in total. The van der Waals surface area contributed by atoms with Crippen LogP contribution in [0.3, 0.4) is 0 Å². The van der Waals surface area contributed by atoms with E-state index in [9.17, 15) is 4.79 Å². The van der Waals surface area contributed by atoms with Crippen molar-refractivity contribution in [2.24, 2.45) is 0 Å². The first-order valence-electron chi connectivity index (χ1n) is 7.40. The van der Waals surface area contributed by atoms with E-state index in [0.717, 1.165) is 41.5 Å². The largest absolute Gasteiger partial charge is 0.447 e. The molecule has 3 nitrogen and oxygen atoms in total. The molecule has 22 heavy (non-hydrogen) atoms. The Morgan fingerprint density at radius 2 is 2.00 bits per heavy atom. The van der Waals surface area contributed by atoms with Crippen LogP contribution in [0, 0.1) is 6.92 Å². The number of aromatic nitrogens is 1. The predicted molar refractivity (Wildman–Crippen MR) is 89.1 cm³/mol. The molecule has 116 valence electrons. The van der Waals surface area contributed by atoms with Crippen LogP contribution in [0.1, 0.15) is 37.1 Å². The average Bonchev–Trinajstić information content (AvgIpc) is 2.93. The summed E-state index contributed by atoms with van der Waals surface area (Å²) in [5.74, 6) is -0.554. The number of para-hydroxylation sites is 1. The molecule has 0 radical (unpaired) electrons. The summed E-state index contributed by atoms with van der Waals surface area (Å²) in [6, 6.07) is 8.10. The number of aryl methyl sites for hydroxylation is 1. The van der Waals surface area contributed by atoms with Crippen LogP contribution in [-0.2, 0) is 16.1 Å². The Balaban J connectivity index is 2.18. The van der Waals surface area contributed by atoms with Gasteiger partial charge >= 0.3 is 5.97 Å². The second-order valence-corrected chi connectivity index (χ2v) is 6.25. The maximum Gasteiger partial charge on any atom is 0.352 e. The lowest BCUT2D eigenvalue weighted by atomic mass is 10.1. The Morgan fingerprint density at radius 3 is 2.64 bits per heavy atom. The van der Waals surface area contributed by atoms with E-state index in [-0.39, 0.29) is 10.1 Å². The summed E-state index contributed by atoms with van der Waals surface area (Å²) in [4.78, 5) is 11.7. The molecule has 1 atom stereocenters. The van der Waals surface area contributed by atoms with E-state index in [0.29, 0.717) is 0 Å². The van der Waals surface area contributed by atoms with Crippen LogP contribution in [0.15, 0.2) is 34.3 Å². The molecule has 1 aliphatic rings. The smallest absolute Gasteiger partial charge is 0.352 e. The lowest BCUT2D eigenvalue weighted by Crippen LogP contribution is -2.05. The number of ether oxygens (including phenoxy) is 1. The highest BCUT2D eigenvalue weighted by molar-refractivity contribution is 6.48. The molecule has 0 saturated heterocycles. The fourth-order valence-electron chi connectivity index (χ4n) is 3.00. The van der Waals surface area contributed by atoms with Gasteiger partial charge in [-0.25, -0.2) is 4.79 Å². The summed E-state index contributed by atoms with van der Waals surface area (Å²) < 4.78 is 7.65. The van der Waals surface area contributed by atoms with E-state index in [1.807, 2.05) is 25.1 Å². The van der Waals surface area contributed by atoms with Crippen LogP contribution in [0.4, 0.5) is 0 Å². The number of cyclic esters (lactones) is 1. The monoisotopic (exact) mass is 337 g/mol. The summed E-state index contributed by atoms with van der Waals surface area (Å²) >= 11 is 12.2. The highest BCUT2D eigenvalue weighted by Gasteiger charge is 2.36. The van der Waals surface area contributed by atoms with E-state index < -0.39 is 12.1 Å². The number of benzene rings is 1. The highest BCUT2D eigenvalue weighted by Crippen LogP contribution is 2.44. The molecule has 5 heteroatoms. The summed E-state index contributed by atoms with van der Waals surface area (Å²) in [6.07, 6.45) is 1.61. The molecule has 0 saturated carbocycles. The number of rotatable bonds is 4. The molecule has 1 aromatic heterocycles. The number of fused-ring (bicyclic) bond motifs is 1. The molecule has 0 spiro atoms. The van der Waals surface area contributed by atoms with E-state index in [4.69, 9.17) is 27.9 Å². The van der Waals surface area contributed by atoms with Crippen LogP contribution >= 0.6 is 23.2 Å². The molecule has 0 fully saturated rings. The van der Waals surface area contributed by atoms with Gasteiger partial charge in [0.25, 0.3) is 0 Å².